The highest BCUT2D eigenvalue weighted by Crippen LogP contribution is 2.34. The Balaban J connectivity index is 4.36. The number of hydrogen-bond acceptors (Lipinski definition) is 4. The van der Waals surface area contributed by atoms with Crippen LogP contribution < -0.4 is 5.73 Å². The molecule has 0 aliphatic carbocycles. The van der Waals surface area contributed by atoms with Crippen LogP contribution in [-0.2, 0) is 14.3 Å². The van der Waals surface area contributed by atoms with E-state index in [0.717, 1.165) is 18.6 Å². The van der Waals surface area contributed by atoms with Gasteiger partial charge in [0.25, 0.3) is 0 Å². The van der Waals surface area contributed by atoms with Crippen molar-refractivity contribution in [3.05, 3.63) is 11.8 Å². The molecular weight excluding hydrogens is 306 g/mol. The lowest BCUT2D eigenvalue weighted by Gasteiger charge is -2.32. The minimum atomic E-state index is -0.782. The Bertz CT molecular complexity index is 425. The number of carboxylic acids is 1. The third-order valence-electron chi connectivity index (χ3n) is 4.02. The predicted octanol–water partition coefficient (Wildman–Crippen LogP) is 3.97. The van der Waals surface area contributed by atoms with Gasteiger partial charge in [0.2, 0.25) is 0 Å². The van der Waals surface area contributed by atoms with Gasteiger partial charge in [-0.1, -0.05) is 13.8 Å². The molecule has 5 heteroatoms. The largest absolute Gasteiger partial charge is 0.498 e. The van der Waals surface area contributed by atoms with Crippen LogP contribution in [0, 0.1) is 10.8 Å². The fourth-order valence-corrected chi connectivity index (χ4v) is 2.68. The van der Waals surface area contributed by atoms with Crippen LogP contribution in [0.2, 0.25) is 0 Å². The first-order valence-electron chi connectivity index (χ1n) is 8.68. The molecule has 3 N–H and O–H groups in total. The van der Waals surface area contributed by atoms with Gasteiger partial charge in [-0.15, -0.1) is 0 Å². The number of carboxylic acid groups (broad SMARTS) is 1. The van der Waals surface area contributed by atoms with E-state index in [1.54, 1.807) is 13.8 Å². The lowest BCUT2D eigenvalue weighted by Crippen LogP contribution is -2.32. The van der Waals surface area contributed by atoms with Gasteiger partial charge in [0.05, 0.1) is 30.0 Å². The van der Waals surface area contributed by atoms with Crippen LogP contribution in [0.3, 0.4) is 0 Å². The van der Waals surface area contributed by atoms with Crippen LogP contribution in [0.25, 0.3) is 0 Å². The fraction of sp³-hybridized carbons (Fsp3) is 0.842. The molecule has 0 amide bonds. The van der Waals surface area contributed by atoms with E-state index in [1.807, 2.05) is 26.8 Å². The van der Waals surface area contributed by atoms with E-state index in [2.05, 4.69) is 13.8 Å². The highest BCUT2D eigenvalue weighted by molar-refractivity contribution is 5.73. The van der Waals surface area contributed by atoms with E-state index in [-0.39, 0.29) is 11.0 Å². The molecule has 0 aliphatic rings. The normalized spacial score (nSPS) is 13.9. The maximum atomic E-state index is 11.3. The van der Waals surface area contributed by atoms with Crippen molar-refractivity contribution in [3.8, 4) is 0 Å². The first-order chi connectivity index (χ1) is 10.8. The van der Waals surface area contributed by atoms with E-state index in [1.165, 1.54) is 0 Å². The van der Waals surface area contributed by atoms with Crippen molar-refractivity contribution in [1.29, 1.82) is 0 Å². The Morgan fingerprint density at radius 2 is 1.75 bits per heavy atom. The van der Waals surface area contributed by atoms with Crippen molar-refractivity contribution in [2.45, 2.75) is 73.3 Å². The summed E-state index contributed by atoms with van der Waals surface area (Å²) in [6.45, 7) is 15.2. The lowest BCUT2D eigenvalue weighted by atomic mass is 9.75. The second-order valence-electron chi connectivity index (χ2n) is 8.60. The molecule has 0 aromatic rings. The van der Waals surface area contributed by atoms with Crippen LogP contribution in [0.1, 0.15) is 67.7 Å². The van der Waals surface area contributed by atoms with Gasteiger partial charge in [0.1, 0.15) is 0 Å². The number of nitrogens with two attached hydrogens (primary N) is 1. The minimum absolute atomic E-state index is 0.194. The first-order valence-corrected chi connectivity index (χ1v) is 8.68. The molecule has 0 aliphatic heterocycles. The summed E-state index contributed by atoms with van der Waals surface area (Å²) in [5.41, 5.74) is 4.35. The Morgan fingerprint density at radius 3 is 2.25 bits per heavy atom. The predicted molar refractivity (Wildman–Crippen MR) is 97.8 cm³/mol. The third-order valence-corrected chi connectivity index (χ3v) is 4.02. The van der Waals surface area contributed by atoms with Crippen molar-refractivity contribution in [2.75, 3.05) is 19.8 Å². The summed E-state index contributed by atoms with van der Waals surface area (Å²) in [7, 11) is 0. The maximum absolute atomic E-state index is 11.3. The van der Waals surface area contributed by atoms with Gasteiger partial charge in [0, 0.05) is 0 Å². The summed E-state index contributed by atoms with van der Waals surface area (Å²) in [5, 5.41) is 9.26. The average Bonchev–Trinajstić information content (AvgIpc) is 2.42. The Morgan fingerprint density at radius 1 is 1.17 bits per heavy atom. The minimum Gasteiger partial charge on any atom is -0.498 e. The van der Waals surface area contributed by atoms with Gasteiger partial charge in [-0.3, -0.25) is 4.79 Å². The van der Waals surface area contributed by atoms with Crippen LogP contribution in [0.4, 0.5) is 0 Å². The molecule has 0 unspecified atom stereocenters. The highest BCUT2D eigenvalue weighted by Gasteiger charge is 2.35. The topological polar surface area (TPSA) is 81.8 Å². The molecule has 142 valence electrons. The van der Waals surface area contributed by atoms with Crippen molar-refractivity contribution in [2.24, 2.45) is 16.6 Å². The van der Waals surface area contributed by atoms with E-state index in [4.69, 9.17) is 15.2 Å². The molecule has 0 aromatic heterocycles. The zero-order chi connectivity index (χ0) is 19.0. The first kappa shape index (κ1) is 22.9. The average molecular weight is 344 g/mol. The van der Waals surface area contributed by atoms with Crippen molar-refractivity contribution in [3.63, 3.8) is 0 Å². The summed E-state index contributed by atoms with van der Waals surface area (Å²) in [6.07, 6.45) is 4.34. The van der Waals surface area contributed by atoms with Gasteiger partial charge < -0.3 is 20.3 Å². The number of rotatable bonds is 12. The molecule has 0 saturated heterocycles. The van der Waals surface area contributed by atoms with E-state index >= 15 is 0 Å². The summed E-state index contributed by atoms with van der Waals surface area (Å²) in [4.78, 5) is 11.3. The molecule has 0 aromatic carbocycles. The van der Waals surface area contributed by atoms with Gasteiger partial charge in [0.15, 0.2) is 0 Å². The second kappa shape index (κ2) is 9.42. The van der Waals surface area contributed by atoms with Crippen LogP contribution >= 0.6 is 0 Å². The molecule has 0 fully saturated rings. The number of ether oxygens (including phenoxy) is 2. The van der Waals surface area contributed by atoms with Gasteiger partial charge in [-0.25, -0.2) is 0 Å². The smallest absolute Gasteiger partial charge is 0.309 e. The summed E-state index contributed by atoms with van der Waals surface area (Å²) >= 11 is 0. The lowest BCUT2D eigenvalue weighted by molar-refractivity contribution is -0.149. The standard InChI is InChI=1S/C19H37NO4/c1-15(9-12-24-19(6,7)10-8-11-20)23-14-17(2,3)13-18(4,5)16(21)22/h9H,8,10-14,20H2,1-7H3,(H,21,22)/b15-9-. The van der Waals surface area contributed by atoms with Gasteiger partial charge >= 0.3 is 5.97 Å². The SMILES string of the molecule is C/C(=C/COC(C)(C)CCCN)OCC(C)(C)CC(C)(C)C(=O)O. The molecule has 0 bridgehead atoms. The van der Waals surface area contributed by atoms with E-state index in [9.17, 15) is 9.90 Å². The van der Waals surface area contributed by atoms with Crippen molar-refractivity contribution >= 4 is 5.97 Å². The molecular formula is C19H37NO4. The van der Waals surface area contributed by atoms with E-state index in [0.29, 0.717) is 26.2 Å². The number of carbonyl (C=O) groups is 1. The molecule has 0 atom stereocenters. The van der Waals surface area contributed by atoms with E-state index < -0.39 is 11.4 Å². The highest BCUT2D eigenvalue weighted by atomic mass is 16.5. The third kappa shape index (κ3) is 9.93. The number of aliphatic carboxylic acids is 1. The number of allylic oxidation sites excluding steroid dienone is 1. The van der Waals surface area contributed by atoms with Gasteiger partial charge in [-0.05, 0) is 71.9 Å². The number of hydrogen-bond donors (Lipinski definition) is 2. The Kier molecular flexibility index (Phi) is 9.00. The van der Waals surface area contributed by atoms with Crippen molar-refractivity contribution in [1.82, 2.24) is 0 Å². The van der Waals surface area contributed by atoms with Gasteiger partial charge in [-0.2, -0.15) is 0 Å². The Labute approximate surface area is 147 Å². The summed E-state index contributed by atoms with van der Waals surface area (Å²) < 4.78 is 11.7. The molecule has 0 radical (unpaired) electrons. The quantitative estimate of drug-likeness (QED) is 0.524. The molecule has 0 saturated carbocycles. The fourth-order valence-electron chi connectivity index (χ4n) is 2.68. The summed E-state index contributed by atoms with van der Waals surface area (Å²) in [6, 6.07) is 0. The van der Waals surface area contributed by atoms with Crippen LogP contribution in [0.15, 0.2) is 11.8 Å². The molecule has 5 nitrogen and oxygen atoms in total. The Hall–Kier alpha value is -1.07. The molecule has 0 spiro atoms. The second-order valence-corrected chi connectivity index (χ2v) is 8.60. The molecule has 24 heavy (non-hydrogen) atoms. The molecule has 0 heterocycles. The monoisotopic (exact) mass is 343 g/mol. The van der Waals surface area contributed by atoms with Crippen LogP contribution in [-0.4, -0.2) is 36.4 Å². The molecule has 0 rings (SSSR count). The zero-order valence-corrected chi connectivity index (χ0v) is 16.6. The van der Waals surface area contributed by atoms with Crippen LogP contribution in [0.5, 0.6) is 0 Å². The van der Waals surface area contributed by atoms with Crippen molar-refractivity contribution < 1.29 is 19.4 Å². The summed E-state index contributed by atoms with van der Waals surface area (Å²) in [5.74, 6) is 0.0155. The zero-order valence-electron chi connectivity index (χ0n) is 16.6. The maximum Gasteiger partial charge on any atom is 0.309 e.